The van der Waals surface area contributed by atoms with E-state index in [-0.39, 0.29) is 101 Å². The van der Waals surface area contributed by atoms with Crippen LogP contribution >= 0.6 is 0 Å². The van der Waals surface area contributed by atoms with Crippen molar-refractivity contribution >= 4 is 116 Å². The second-order valence-electron chi connectivity index (χ2n) is 26.5. The maximum atomic E-state index is 13.2. The Balaban J connectivity index is 0.000000151. The van der Waals surface area contributed by atoms with Gasteiger partial charge in [-0.1, -0.05) is 215 Å². The Labute approximate surface area is 706 Å². The van der Waals surface area contributed by atoms with Gasteiger partial charge >= 0.3 is 0 Å². The van der Waals surface area contributed by atoms with Crippen molar-refractivity contribution in [3.8, 4) is 78.9 Å². The second kappa shape index (κ2) is 37.9. The molecule has 116 heavy (non-hydrogen) atoms. The average Bonchev–Trinajstić information content (AvgIpc) is 1.61. The van der Waals surface area contributed by atoms with Crippen LogP contribution in [-0.2, 0) is 74.7 Å². The number of aliphatic hydroxyl groups excluding tert-OH is 3. The molecule has 0 unspecified atom stereocenters. The molecule has 0 aliphatic carbocycles. The van der Waals surface area contributed by atoms with Gasteiger partial charge in [-0.2, -0.15) is 0 Å². The van der Waals surface area contributed by atoms with E-state index < -0.39 is 0 Å². The van der Waals surface area contributed by atoms with E-state index >= 15 is 0 Å². The van der Waals surface area contributed by atoms with E-state index in [1.807, 2.05) is 182 Å². The molecular formula is C97H71FIr3N3O12-3. The minimum atomic E-state index is -0.278. The summed E-state index contributed by atoms with van der Waals surface area (Å²) < 4.78 is 50.2. The van der Waals surface area contributed by atoms with E-state index in [4.69, 9.17) is 56.8 Å². The third kappa shape index (κ3) is 19.0. The van der Waals surface area contributed by atoms with E-state index in [0.717, 1.165) is 161 Å². The number of nitrogens with zero attached hydrogens (tertiary/aromatic N) is 3. The number of pyridine rings is 3. The molecule has 9 heterocycles. The van der Waals surface area contributed by atoms with Crippen LogP contribution in [0.5, 0.6) is 0 Å². The molecule has 0 atom stereocenters. The number of benzene rings is 10. The molecule has 19 aromatic rings. The van der Waals surface area contributed by atoms with Crippen LogP contribution in [0.3, 0.4) is 0 Å². The van der Waals surface area contributed by atoms with Gasteiger partial charge in [-0.25, -0.2) is 4.39 Å². The molecule has 0 saturated heterocycles. The fourth-order valence-corrected chi connectivity index (χ4v) is 13.2. The number of aliphatic hydroxyl groups is 3. The van der Waals surface area contributed by atoms with E-state index in [1.165, 1.54) is 71.9 Å². The molecule has 0 fully saturated rings. The van der Waals surface area contributed by atoms with Gasteiger partial charge in [0.15, 0.2) is 17.3 Å². The van der Waals surface area contributed by atoms with Crippen LogP contribution in [0, 0.1) is 30.9 Å². The summed E-state index contributed by atoms with van der Waals surface area (Å²) in [6.07, 6.45) is 3.50. The van der Waals surface area contributed by atoms with Crippen molar-refractivity contribution in [1.82, 2.24) is 15.0 Å². The first-order chi connectivity index (χ1) is 54.8. The summed E-state index contributed by atoms with van der Waals surface area (Å²) >= 11 is 0. The van der Waals surface area contributed by atoms with Crippen LogP contribution in [0.2, 0.25) is 0 Å². The summed E-state index contributed by atoms with van der Waals surface area (Å²) in [5.74, 6) is 1.86. The number of fused-ring (bicyclic) bond motifs is 12. The number of aromatic nitrogens is 3. The van der Waals surface area contributed by atoms with E-state index in [2.05, 4.69) is 85.8 Å². The molecule has 10 aromatic carbocycles. The molecule has 15 nitrogen and oxygen atoms in total. The molecule has 0 spiro atoms. The number of allylic oxidation sites excluding steroid dienone is 6. The van der Waals surface area contributed by atoms with Gasteiger partial charge < -0.3 is 41.8 Å². The molecule has 0 saturated carbocycles. The summed E-state index contributed by atoms with van der Waals surface area (Å²) in [5, 5.41) is 34.4. The van der Waals surface area contributed by atoms with E-state index in [9.17, 15) is 18.8 Å². The van der Waals surface area contributed by atoms with Crippen LogP contribution in [0.4, 0.5) is 4.39 Å². The van der Waals surface area contributed by atoms with Crippen molar-refractivity contribution in [3.05, 3.63) is 332 Å². The number of aryl methyl sites for hydroxylation is 1. The Hall–Kier alpha value is -12.8. The number of para-hydroxylation sites is 3. The number of hydrogen-bond donors (Lipinski definition) is 3. The maximum Gasteiger partial charge on any atom is 0.218 e. The largest absolute Gasteiger partial charge is 0.512 e. The molecule has 0 amide bonds. The van der Waals surface area contributed by atoms with Crippen LogP contribution in [0.15, 0.2) is 329 Å². The van der Waals surface area contributed by atoms with Gasteiger partial charge in [-0.3, -0.25) is 29.3 Å². The molecule has 583 valence electrons. The minimum Gasteiger partial charge on any atom is -0.512 e. The van der Waals surface area contributed by atoms with Crippen molar-refractivity contribution < 1.29 is 121 Å². The number of rotatable bonds is 10. The zero-order valence-electron chi connectivity index (χ0n) is 63.4. The Morgan fingerprint density at radius 3 is 1.10 bits per heavy atom. The molecule has 3 N–H and O–H groups in total. The van der Waals surface area contributed by atoms with Crippen molar-refractivity contribution in [1.29, 1.82) is 0 Å². The second-order valence-corrected chi connectivity index (χ2v) is 26.5. The van der Waals surface area contributed by atoms with Gasteiger partial charge in [0.05, 0.1) is 34.0 Å². The Morgan fingerprint density at radius 2 is 0.698 bits per heavy atom. The van der Waals surface area contributed by atoms with Gasteiger partial charge in [0.1, 0.15) is 39.8 Å². The number of ketones is 3. The summed E-state index contributed by atoms with van der Waals surface area (Å²) in [6.45, 7) is 10.6. The number of furan rings is 6. The first kappa shape index (κ1) is 84.1. The predicted molar refractivity (Wildman–Crippen MR) is 444 cm³/mol. The zero-order valence-corrected chi connectivity index (χ0v) is 70.6. The Morgan fingerprint density at radius 1 is 0.345 bits per heavy atom. The Kier molecular flexibility index (Phi) is 27.5. The summed E-state index contributed by atoms with van der Waals surface area (Å²) in [5.41, 5.74) is 17.5. The molecule has 9 aromatic heterocycles. The first-order valence-electron chi connectivity index (χ1n) is 36.1. The van der Waals surface area contributed by atoms with Crippen molar-refractivity contribution in [2.45, 2.75) is 48.5 Å². The third-order valence-corrected chi connectivity index (χ3v) is 18.0. The van der Waals surface area contributed by atoms with Crippen molar-refractivity contribution in [2.75, 3.05) is 0 Å². The fourth-order valence-electron chi connectivity index (χ4n) is 13.2. The normalized spacial score (nSPS) is 11.3. The molecule has 0 aliphatic rings. The van der Waals surface area contributed by atoms with Gasteiger partial charge in [0, 0.05) is 139 Å². The molecule has 0 bridgehead atoms. The van der Waals surface area contributed by atoms with Gasteiger partial charge in [0.2, 0.25) is 17.1 Å². The predicted octanol–water partition coefficient (Wildman–Crippen LogP) is 25.8. The summed E-state index contributed by atoms with van der Waals surface area (Å²) in [4.78, 5) is 44.5. The monoisotopic (exact) mass is 2070 g/mol. The van der Waals surface area contributed by atoms with Crippen LogP contribution in [0.25, 0.3) is 178 Å². The van der Waals surface area contributed by atoms with Crippen LogP contribution in [0.1, 0.15) is 47.1 Å². The van der Waals surface area contributed by atoms with E-state index in [1.54, 1.807) is 12.1 Å². The van der Waals surface area contributed by atoms with Gasteiger partial charge in [-0.05, 0) is 120 Å². The minimum absolute atomic E-state index is 0. The topological polar surface area (TPSA) is 229 Å². The fraction of sp³-hybridized carbons (Fsp3) is 0.0722. The summed E-state index contributed by atoms with van der Waals surface area (Å²) in [7, 11) is 0. The third-order valence-electron chi connectivity index (χ3n) is 18.0. The standard InChI is InChI=1S/C31H18NO2.C26H16NO2.C25H13FNO2.3C5H8O2.3Ir/c1-3-10-20(11-4-1)28-25-18-19-26(32-31(25)34-29(28)21-12-5-2-6-13-21)24-16-9-15-23-22-14-7-8-17-27(22)33-30(23)24;1-16-18-14-15-22(27-26(18)29-24(16)17-8-3-2-4-9-17)21-12-7-11-20-19-10-5-6-13-23(19)28-25(20)21;26-17-11-8-15(9-12-17)23-14-16-10-13-21(27-25(16)29-23)20-6-3-5-19-18-4-1-2-7-22(18)28-24(19)20;3*1-4(6)3-5(2)7;;;/h1-15,17-19H;2-11,13-15H,1H3;1-5,7-14H;3*3,6H,1-2H3;;;/q3*-1;;;;;;. The van der Waals surface area contributed by atoms with Gasteiger partial charge in [0.25, 0.3) is 0 Å². The van der Waals surface area contributed by atoms with Crippen molar-refractivity contribution in [2.24, 2.45) is 0 Å². The number of carbonyl (C=O) groups excluding carboxylic acids is 3. The van der Waals surface area contributed by atoms with Gasteiger partial charge in [-0.15, -0.1) is 54.6 Å². The molecule has 19 heteroatoms. The Bertz CT molecular complexity index is 6760. The molecule has 0 aliphatic heterocycles. The summed E-state index contributed by atoms with van der Waals surface area (Å²) in [6, 6.07) is 96.6. The number of carbonyl (C=O) groups is 3. The molecule has 3 radical (unpaired) electrons. The maximum absolute atomic E-state index is 13.2. The molecule has 19 rings (SSSR count). The number of hydrogen-bond acceptors (Lipinski definition) is 15. The average molecular weight is 2070 g/mol. The van der Waals surface area contributed by atoms with Crippen molar-refractivity contribution in [3.63, 3.8) is 0 Å². The zero-order chi connectivity index (χ0) is 78.8. The SMILES string of the molecule is CC(=O)C=C(C)O.CC(=O)C=C(C)O.CC(=O)C=C(C)O.Cc1c(-c2ccccc2)oc2nc(-c3[c-]ccc4c3oc3ccccc34)ccc12.Fc1ccc(-c2cc3ccc(-c4[c-]ccc5c4oc4ccccc45)nc3o2)cc1.[Ir].[Ir].[Ir].[c-]1ccc2c(oc3ccccc32)c1-c1ccc2c(-c3ccccc3)c(-c3ccccc3)oc2n1. The number of halogens is 1. The van der Waals surface area contributed by atoms with E-state index in [0.29, 0.717) is 22.9 Å². The van der Waals surface area contributed by atoms with Crippen LogP contribution < -0.4 is 0 Å². The molecular weight excluding hydrogens is 1990 g/mol. The first-order valence-corrected chi connectivity index (χ1v) is 36.1. The smallest absolute Gasteiger partial charge is 0.218 e. The van der Waals surface area contributed by atoms with Crippen LogP contribution in [-0.4, -0.2) is 47.6 Å². The quantitative estimate of drug-likeness (QED) is 0.0657.